The summed E-state index contributed by atoms with van der Waals surface area (Å²) in [5.41, 5.74) is 0.724. The number of nitrogens with one attached hydrogen (secondary N) is 1. The minimum absolute atomic E-state index is 0.148. The number of carbonyl (C=O) groups excluding carboxylic acids is 3. The van der Waals surface area contributed by atoms with Gasteiger partial charge in [-0.2, -0.15) is 0 Å². The lowest BCUT2D eigenvalue weighted by Crippen LogP contribution is -2.46. The minimum atomic E-state index is -1.44. The molecule has 1 aliphatic carbocycles. The summed E-state index contributed by atoms with van der Waals surface area (Å²) in [6.45, 7) is 2.00. The second-order valence-corrected chi connectivity index (χ2v) is 7.89. The Bertz CT molecular complexity index is 749. The van der Waals surface area contributed by atoms with Gasteiger partial charge < -0.3 is 10.1 Å². The zero-order chi connectivity index (χ0) is 19.6. The van der Waals surface area contributed by atoms with E-state index < -0.39 is 24.0 Å². The van der Waals surface area contributed by atoms with Crippen LogP contribution in [0.5, 0.6) is 0 Å². The Kier molecular flexibility index (Phi) is 6.27. The third kappa shape index (κ3) is 4.38. The zero-order valence-electron chi connectivity index (χ0n) is 15.0. The quantitative estimate of drug-likeness (QED) is 0.743. The largest absolute Gasteiger partial charge is 0.425 e. The second kappa shape index (κ2) is 8.48. The zero-order valence-corrected chi connectivity index (χ0v) is 16.6. The van der Waals surface area contributed by atoms with Crippen molar-refractivity contribution in [2.45, 2.75) is 57.7 Å². The second-order valence-electron chi connectivity index (χ2n) is 7.08. The number of cyclic esters (lactones) is 1. The van der Waals surface area contributed by atoms with E-state index in [1.54, 1.807) is 18.2 Å². The van der Waals surface area contributed by atoms with Crippen LogP contribution in [0.15, 0.2) is 18.2 Å². The number of ether oxygens (including phenoxy) is 1. The molecule has 6 nitrogen and oxygen atoms in total. The number of nitrogens with zero attached hydrogens (tertiary/aromatic N) is 1. The lowest BCUT2D eigenvalue weighted by atomic mass is 9.84. The van der Waals surface area contributed by atoms with E-state index >= 15 is 0 Å². The van der Waals surface area contributed by atoms with Crippen molar-refractivity contribution in [1.29, 1.82) is 0 Å². The van der Waals surface area contributed by atoms with Crippen LogP contribution in [-0.2, 0) is 20.9 Å². The number of hydrogen-bond acceptors (Lipinski definition) is 4. The summed E-state index contributed by atoms with van der Waals surface area (Å²) in [5, 5.41) is 3.40. The molecule has 8 heteroatoms. The third-order valence-electron chi connectivity index (χ3n) is 5.31. The number of halogens is 2. The van der Waals surface area contributed by atoms with Gasteiger partial charge in [-0.05, 0) is 43.4 Å². The van der Waals surface area contributed by atoms with Crippen LogP contribution in [0.2, 0.25) is 10.0 Å². The Morgan fingerprint density at radius 3 is 2.59 bits per heavy atom. The maximum atomic E-state index is 12.6. The SMILES string of the molecule is CC(C1CCCCC1)N1C(=O)OC(C(=O)NCc2ccc(Cl)c(Cl)c2)C1=O. The van der Waals surface area contributed by atoms with E-state index in [1.807, 2.05) is 6.92 Å². The van der Waals surface area contributed by atoms with Crippen LogP contribution in [-0.4, -0.2) is 35.0 Å². The first-order valence-corrected chi connectivity index (χ1v) is 9.89. The van der Waals surface area contributed by atoms with Gasteiger partial charge in [0.2, 0.25) is 0 Å². The highest BCUT2D eigenvalue weighted by Gasteiger charge is 2.48. The van der Waals surface area contributed by atoms with Crippen molar-refractivity contribution in [2.75, 3.05) is 0 Å². The van der Waals surface area contributed by atoms with Crippen molar-refractivity contribution in [2.24, 2.45) is 5.92 Å². The summed E-state index contributed by atoms with van der Waals surface area (Å²) >= 11 is 11.8. The van der Waals surface area contributed by atoms with Crippen LogP contribution in [0.4, 0.5) is 4.79 Å². The molecule has 1 N–H and O–H groups in total. The van der Waals surface area contributed by atoms with Crippen LogP contribution >= 0.6 is 23.2 Å². The third-order valence-corrected chi connectivity index (χ3v) is 6.04. The van der Waals surface area contributed by atoms with Crippen molar-refractivity contribution < 1.29 is 19.1 Å². The van der Waals surface area contributed by atoms with E-state index in [-0.39, 0.29) is 18.5 Å². The lowest BCUT2D eigenvalue weighted by Gasteiger charge is -2.31. The Morgan fingerprint density at radius 2 is 1.93 bits per heavy atom. The molecule has 1 saturated heterocycles. The van der Waals surface area contributed by atoms with Crippen molar-refractivity contribution in [1.82, 2.24) is 10.2 Å². The maximum Gasteiger partial charge on any atom is 0.418 e. The summed E-state index contributed by atoms with van der Waals surface area (Å²) in [5.74, 6) is -0.976. The average molecular weight is 413 g/mol. The van der Waals surface area contributed by atoms with E-state index in [2.05, 4.69) is 5.32 Å². The number of imide groups is 1. The molecule has 0 aromatic heterocycles. The van der Waals surface area contributed by atoms with Crippen LogP contribution in [0.25, 0.3) is 0 Å². The van der Waals surface area contributed by atoms with E-state index in [0.29, 0.717) is 10.0 Å². The first kappa shape index (κ1) is 20.0. The molecule has 0 bridgehead atoms. The molecule has 2 unspecified atom stereocenters. The molecular weight excluding hydrogens is 391 g/mol. The van der Waals surface area contributed by atoms with Crippen LogP contribution in [0, 0.1) is 5.92 Å². The molecule has 2 aliphatic rings. The number of rotatable bonds is 5. The van der Waals surface area contributed by atoms with Crippen molar-refractivity contribution >= 4 is 41.1 Å². The molecule has 3 amide bonds. The fraction of sp³-hybridized carbons (Fsp3) is 0.526. The molecule has 2 fully saturated rings. The molecule has 1 saturated carbocycles. The maximum absolute atomic E-state index is 12.6. The molecule has 146 valence electrons. The number of amides is 3. The monoisotopic (exact) mass is 412 g/mol. The topological polar surface area (TPSA) is 75.7 Å². The first-order chi connectivity index (χ1) is 12.9. The van der Waals surface area contributed by atoms with E-state index in [4.69, 9.17) is 27.9 Å². The van der Waals surface area contributed by atoms with Crippen LogP contribution < -0.4 is 5.32 Å². The van der Waals surface area contributed by atoms with Crippen molar-refractivity contribution in [3.05, 3.63) is 33.8 Å². The standard InChI is InChI=1S/C19H22Cl2N2O4/c1-11(13-5-3-2-4-6-13)23-18(25)16(27-19(23)26)17(24)22-10-12-7-8-14(20)15(21)9-12/h7-9,11,13,16H,2-6,10H2,1H3,(H,22,24). The molecule has 27 heavy (non-hydrogen) atoms. The Morgan fingerprint density at radius 1 is 1.22 bits per heavy atom. The summed E-state index contributed by atoms with van der Waals surface area (Å²) in [6.07, 6.45) is 3.15. The van der Waals surface area contributed by atoms with Gasteiger partial charge in [-0.15, -0.1) is 0 Å². The predicted molar refractivity (Wildman–Crippen MR) is 101 cm³/mol. The highest BCUT2D eigenvalue weighted by atomic mass is 35.5. The molecule has 3 rings (SSSR count). The molecule has 2 atom stereocenters. The lowest BCUT2D eigenvalue weighted by molar-refractivity contribution is -0.140. The van der Waals surface area contributed by atoms with Gasteiger partial charge in [0.1, 0.15) is 0 Å². The molecule has 1 aromatic rings. The molecule has 1 aliphatic heterocycles. The Hall–Kier alpha value is -1.79. The van der Waals surface area contributed by atoms with E-state index in [9.17, 15) is 14.4 Å². The molecule has 0 spiro atoms. The van der Waals surface area contributed by atoms with Gasteiger partial charge in [-0.1, -0.05) is 48.5 Å². The molecule has 1 aromatic carbocycles. The fourth-order valence-corrected chi connectivity index (χ4v) is 4.04. The van der Waals surface area contributed by atoms with Crippen molar-refractivity contribution in [3.63, 3.8) is 0 Å². The molecular formula is C19H22Cl2N2O4. The van der Waals surface area contributed by atoms with E-state index in [1.165, 1.54) is 6.42 Å². The van der Waals surface area contributed by atoms with Crippen molar-refractivity contribution in [3.8, 4) is 0 Å². The van der Waals surface area contributed by atoms with Gasteiger partial charge >= 0.3 is 6.09 Å². The summed E-state index contributed by atoms with van der Waals surface area (Å²) in [7, 11) is 0. The van der Waals surface area contributed by atoms with Gasteiger partial charge in [0, 0.05) is 12.6 Å². The van der Waals surface area contributed by atoms with Gasteiger partial charge in [0.05, 0.1) is 10.0 Å². The normalized spacial score (nSPS) is 21.9. The smallest absolute Gasteiger partial charge is 0.418 e. The Balaban J connectivity index is 1.61. The fourth-order valence-electron chi connectivity index (χ4n) is 3.72. The first-order valence-electron chi connectivity index (χ1n) is 9.14. The summed E-state index contributed by atoms with van der Waals surface area (Å²) < 4.78 is 5.07. The molecule has 1 heterocycles. The van der Waals surface area contributed by atoms with E-state index in [0.717, 1.165) is 36.1 Å². The van der Waals surface area contributed by atoms with Gasteiger partial charge in [0.15, 0.2) is 0 Å². The molecule has 0 radical (unpaired) electrons. The predicted octanol–water partition coefficient (Wildman–Crippen LogP) is 3.93. The van der Waals surface area contributed by atoms with Gasteiger partial charge in [-0.3, -0.25) is 9.59 Å². The highest BCUT2D eigenvalue weighted by molar-refractivity contribution is 6.42. The highest BCUT2D eigenvalue weighted by Crippen LogP contribution is 2.31. The van der Waals surface area contributed by atoms with Crippen LogP contribution in [0.3, 0.4) is 0 Å². The van der Waals surface area contributed by atoms with Gasteiger partial charge in [0.25, 0.3) is 17.9 Å². The summed E-state index contributed by atoms with van der Waals surface area (Å²) in [4.78, 5) is 38.3. The number of hydrogen-bond donors (Lipinski definition) is 1. The summed E-state index contributed by atoms with van der Waals surface area (Å²) in [6, 6.07) is 4.70. The number of benzene rings is 1. The minimum Gasteiger partial charge on any atom is -0.425 e. The Labute approximate surface area is 168 Å². The average Bonchev–Trinajstić information content (AvgIpc) is 2.97. The van der Waals surface area contributed by atoms with Gasteiger partial charge in [-0.25, -0.2) is 9.69 Å². The number of carbonyl (C=O) groups is 3. The van der Waals surface area contributed by atoms with Crippen LogP contribution in [0.1, 0.15) is 44.6 Å².